The van der Waals surface area contributed by atoms with Gasteiger partial charge < -0.3 is 15.2 Å². The van der Waals surface area contributed by atoms with E-state index in [1.807, 2.05) is 5.43 Å². The minimum Gasteiger partial charge on any atom is -0.481 e. The monoisotopic (exact) mass is 279 g/mol. The highest BCUT2D eigenvalue weighted by Gasteiger charge is 2.09. The number of aliphatic carboxylic acids is 1. The van der Waals surface area contributed by atoms with Crippen LogP contribution in [0.15, 0.2) is 29.4 Å². The fraction of sp³-hybridized carbons (Fsp3) is 0.167. The van der Waals surface area contributed by atoms with E-state index in [0.717, 1.165) is 0 Å². The number of rotatable bonds is 5. The number of carboxylic acids is 1. The Balaban J connectivity index is 2.69. The average molecular weight is 279 g/mol. The van der Waals surface area contributed by atoms with Crippen molar-refractivity contribution < 1.29 is 24.2 Å². The van der Waals surface area contributed by atoms with E-state index in [1.165, 1.54) is 13.3 Å². The Morgan fingerprint density at radius 1 is 1.30 bits per heavy atom. The maximum atomic E-state index is 11.1. The maximum Gasteiger partial charge on any atom is 0.341 e. The summed E-state index contributed by atoms with van der Waals surface area (Å²) in [6.45, 7) is -0.491. The number of nitrogens with zero attached hydrogens (tertiary/aromatic N) is 1. The summed E-state index contributed by atoms with van der Waals surface area (Å²) in [4.78, 5) is 32.5. The van der Waals surface area contributed by atoms with Gasteiger partial charge in [0.25, 0.3) is 0 Å². The molecule has 1 aromatic carbocycles. The summed E-state index contributed by atoms with van der Waals surface area (Å²) in [7, 11) is 1.32. The number of carbonyl (C=O) groups excluding carboxylic acids is 2. The Kier molecular flexibility index (Phi) is 5.70. The number of ether oxygens (including phenoxy) is 1. The van der Waals surface area contributed by atoms with Crippen LogP contribution in [0.25, 0.3) is 0 Å². The molecule has 0 aromatic heterocycles. The zero-order chi connectivity index (χ0) is 15.0. The van der Waals surface area contributed by atoms with E-state index in [4.69, 9.17) is 9.84 Å². The summed E-state index contributed by atoms with van der Waals surface area (Å²) < 4.78 is 5.04. The molecule has 8 heteroatoms. The minimum atomic E-state index is -1.11. The van der Waals surface area contributed by atoms with Crippen molar-refractivity contribution in [3.8, 4) is 5.75 Å². The highest BCUT2D eigenvalue weighted by atomic mass is 16.5. The van der Waals surface area contributed by atoms with Crippen LogP contribution in [-0.4, -0.2) is 42.8 Å². The van der Waals surface area contributed by atoms with E-state index in [9.17, 15) is 14.4 Å². The van der Waals surface area contributed by atoms with Crippen LogP contribution in [-0.2, 0) is 14.4 Å². The molecule has 1 aromatic rings. The third kappa shape index (κ3) is 4.77. The first-order chi connectivity index (χ1) is 9.54. The minimum absolute atomic E-state index is 0.299. The van der Waals surface area contributed by atoms with Crippen molar-refractivity contribution in [3.63, 3.8) is 0 Å². The van der Waals surface area contributed by atoms with Gasteiger partial charge in [0.05, 0.1) is 6.21 Å². The van der Waals surface area contributed by atoms with Gasteiger partial charge in [-0.2, -0.15) is 5.10 Å². The number of hydrazone groups is 1. The molecule has 20 heavy (non-hydrogen) atoms. The third-order valence-electron chi connectivity index (χ3n) is 2.07. The normalized spacial score (nSPS) is 10.1. The zero-order valence-electron chi connectivity index (χ0n) is 10.6. The number of nitrogens with one attached hydrogen (secondary N) is 2. The molecule has 0 fully saturated rings. The van der Waals surface area contributed by atoms with Crippen LogP contribution in [0.2, 0.25) is 0 Å². The molecule has 0 radical (unpaired) electrons. The molecular weight excluding hydrogens is 266 g/mol. The van der Waals surface area contributed by atoms with Crippen LogP contribution in [0.4, 0.5) is 0 Å². The van der Waals surface area contributed by atoms with Crippen molar-refractivity contribution >= 4 is 24.0 Å². The number of carboxylic acid groups (broad SMARTS) is 1. The number of likely N-dealkylation sites (N-methyl/N-ethyl adjacent to an activating group) is 1. The summed E-state index contributed by atoms with van der Waals surface area (Å²) in [5, 5.41) is 14.3. The molecule has 0 aliphatic heterocycles. The second-order valence-electron chi connectivity index (χ2n) is 3.50. The van der Waals surface area contributed by atoms with Crippen LogP contribution in [0.5, 0.6) is 5.75 Å². The van der Waals surface area contributed by atoms with Crippen molar-refractivity contribution in [1.29, 1.82) is 0 Å². The van der Waals surface area contributed by atoms with Crippen LogP contribution in [0, 0.1) is 0 Å². The molecule has 0 aliphatic carbocycles. The summed E-state index contributed by atoms with van der Waals surface area (Å²) in [5.74, 6) is -2.54. The fourth-order valence-electron chi connectivity index (χ4n) is 1.18. The molecule has 1 rings (SSSR count). The van der Waals surface area contributed by atoms with Gasteiger partial charge >= 0.3 is 17.8 Å². The van der Waals surface area contributed by atoms with Gasteiger partial charge in [-0.25, -0.2) is 10.2 Å². The van der Waals surface area contributed by atoms with Crippen molar-refractivity contribution in [2.75, 3.05) is 13.7 Å². The summed E-state index contributed by atoms with van der Waals surface area (Å²) >= 11 is 0. The lowest BCUT2D eigenvalue weighted by atomic mass is 10.2. The first kappa shape index (κ1) is 15.2. The molecule has 0 heterocycles. The second kappa shape index (κ2) is 7.52. The molecule has 0 saturated heterocycles. The summed E-state index contributed by atoms with van der Waals surface area (Å²) in [5.41, 5.74) is 2.48. The largest absolute Gasteiger partial charge is 0.481 e. The van der Waals surface area contributed by atoms with E-state index in [1.54, 1.807) is 24.3 Å². The first-order valence-electron chi connectivity index (χ1n) is 5.53. The molecule has 8 nitrogen and oxygen atoms in total. The Morgan fingerprint density at radius 3 is 2.65 bits per heavy atom. The SMILES string of the molecule is CNC(=O)C(=O)N/N=C\c1ccccc1OCC(=O)O. The topological polar surface area (TPSA) is 117 Å². The van der Waals surface area contributed by atoms with Crippen molar-refractivity contribution in [2.24, 2.45) is 5.10 Å². The van der Waals surface area contributed by atoms with E-state index in [0.29, 0.717) is 11.3 Å². The summed E-state index contributed by atoms with van der Waals surface area (Å²) in [6.07, 6.45) is 1.25. The van der Waals surface area contributed by atoms with Gasteiger partial charge in [-0.05, 0) is 12.1 Å². The number of hydrogen-bond acceptors (Lipinski definition) is 5. The highest BCUT2D eigenvalue weighted by Crippen LogP contribution is 2.15. The van der Waals surface area contributed by atoms with Gasteiger partial charge in [0.1, 0.15) is 5.75 Å². The molecule has 3 N–H and O–H groups in total. The predicted molar refractivity (Wildman–Crippen MR) is 69.4 cm³/mol. The predicted octanol–water partition coefficient (Wildman–Crippen LogP) is -0.654. The van der Waals surface area contributed by atoms with Crippen molar-refractivity contribution in [1.82, 2.24) is 10.7 Å². The third-order valence-corrected chi connectivity index (χ3v) is 2.07. The van der Waals surface area contributed by atoms with Gasteiger partial charge in [0.2, 0.25) is 0 Å². The second-order valence-corrected chi connectivity index (χ2v) is 3.50. The summed E-state index contributed by atoms with van der Waals surface area (Å²) in [6, 6.07) is 6.53. The van der Waals surface area contributed by atoms with Crippen LogP contribution in [0.3, 0.4) is 0 Å². The lowest BCUT2D eigenvalue weighted by molar-refractivity contribution is -0.139. The Morgan fingerprint density at radius 2 is 2.00 bits per heavy atom. The number of carbonyl (C=O) groups is 3. The number of para-hydroxylation sites is 1. The van der Waals surface area contributed by atoms with E-state index in [-0.39, 0.29) is 0 Å². The maximum absolute atomic E-state index is 11.1. The number of benzene rings is 1. The Hall–Kier alpha value is -2.90. The lowest BCUT2D eigenvalue weighted by Crippen LogP contribution is -2.35. The quantitative estimate of drug-likeness (QED) is 0.376. The molecule has 0 bridgehead atoms. The Bertz CT molecular complexity index is 542. The molecular formula is C12H13N3O5. The van der Waals surface area contributed by atoms with Crippen LogP contribution >= 0.6 is 0 Å². The molecule has 0 saturated carbocycles. The smallest absolute Gasteiger partial charge is 0.341 e. The molecule has 106 valence electrons. The molecule has 0 atom stereocenters. The van der Waals surface area contributed by atoms with Gasteiger partial charge in [-0.1, -0.05) is 12.1 Å². The fourth-order valence-corrected chi connectivity index (χ4v) is 1.18. The van der Waals surface area contributed by atoms with Crippen molar-refractivity contribution in [3.05, 3.63) is 29.8 Å². The lowest BCUT2D eigenvalue weighted by Gasteiger charge is -2.06. The molecule has 0 aliphatic rings. The van der Waals surface area contributed by atoms with Gasteiger partial charge in [-0.3, -0.25) is 9.59 Å². The first-order valence-corrected chi connectivity index (χ1v) is 5.53. The van der Waals surface area contributed by atoms with Crippen molar-refractivity contribution in [2.45, 2.75) is 0 Å². The molecule has 2 amide bonds. The van der Waals surface area contributed by atoms with Crippen LogP contribution < -0.4 is 15.5 Å². The molecule has 0 spiro atoms. The van der Waals surface area contributed by atoms with E-state index >= 15 is 0 Å². The van der Waals surface area contributed by atoms with Gasteiger partial charge in [0.15, 0.2) is 6.61 Å². The average Bonchev–Trinajstić information content (AvgIpc) is 2.45. The van der Waals surface area contributed by atoms with Crippen LogP contribution in [0.1, 0.15) is 5.56 Å². The standard InChI is InChI=1S/C12H13N3O5/c1-13-11(18)12(19)15-14-6-8-4-2-3-5-9(8)20-7-10(16)17/h2-6H,7H2,1H3,(H,13,18)(H,15,19)(H,16,17)/b14-6-. The molecule has 0 unspecified atom stereocenters. The highest BCUT2D eigenvalue weighted by molar-refractivity contribution is 6.34. The zero-order valence-corrected chi connectivity index (χ0v) is 10.6. The van der Waals surface area contributed by atoms with E-state index < -0.39 is 24.4 Å². The number of hydrogen-bond donors (Lipinski definition) is 3. The van der Waals surface area contributed by atoms with E-state index in [2.05, 4.69) is 10.4 Å². The number of amides is 2. The van der Waals surface area contributed by atoms with Gasteiger partial charge in [0, 0.05) is 12.6 Å². The Labute approximate surface area is 114 Å². The van der Waals surface area contributed by atoms with Gasteiger partial charge in [-0.15, -0.1) is 0 Å².